The Morgan fingerprint density at radius 1 is 1.20 bits per heavy atom. The van der Waals surface area contributed by atoms with Crippen molar-refractivity contribution >= 4 is 46.4 Å². The van der Waals surface area contributed by atoms with E-state index in [-0.39, 0.29) is 17.7 Å². The number of halogens is 2. The molecule has 25 heavy (non-hydrogen) atoms. The molecule has 132 valence electrons. The van der Waals surface area contributed by atoms with E-state index in [1.165, 1.54) is 11.3 Å². The van der Waals surface area contributed by atoms with Crippen LogP contribution >= 0.6 is 34.5 Å². The number of hydrogen-bond acceptors (Lipinski definition) is 3. The SMILES string of the molecule is O=C(NCc1ccc(Cl)cc1Cl)C1CCN(C(=O)c2cccs2)CC1. The summed E-state index contributed by atoms with van der Waals surface area (Å²) in [5, 5.41) is 5.95. The molecular formula is C18H18Cl2N2O2S. The summed E-state index contributed by atoms with van der Waals surface area (Å²) in [5.74, 6) is -0.00509. The van der Waals surface area contributed by atoms with Crippen molar-refractivity contribution in [2.75, 3.05) is 13.1 Å². The van der Waals surface area contributed by atoms with Crippen LogP contribution in [0.25, 0.3) is 0 Å². The largest absolute Gasteiger partial charge is 0.352 e. The first-order valence-corrected chi connectivity index (χ1v) is 9.72. The number of thiophene rings is 1. The van der Waals surface area contributed by atoms with E-state index < -0.39 is 0 Å². The van der Waals surface area contributed by atoms with Crippen LogP contribution in [0.3, 0.4) is 0 Å². The highest BCUT2D eigenvalue weighted by atomic mass is 35.5. The third-order valence-electron chi connectivity index (χ3n) is 4.35. The molecular weight excluding hydrogens is 379 g/mol. The molecule has 4 nitrogen and oxygen atoms in total. The third kappa shape index (κ3) is 4.54. The fourth-order valence-corrected chi connectivity index (χ4v) is 4.06. The zero-order valence-electron chi connectivity index (χ0n) is 13.5. The van der Waals surface area contributed by atoms with Crippen LogP contribution in [0.2, 0.25) is 10.0 Å². The van der Waals surface area contributed by atoms with Gasteiger partial charge in [0, 0.05) is 35.6 Å². The van der Waals surface area contributed by atoms with Gasteiger partial charge in [0.1, 0.15) is 0 Å². The minimum Gasteiger partial charge on any atom is -0.352 e. The van der Waals surface area contributed by atoms with Crippen LogP contribution in [0.15, 0.2) is 35.7 Å². The zero-order valence-corrected chi connectivity index (χ0v) is 15.8. The lowest BCUT2D eigenvalue weighted by atomic mass is 9.95. The molecule has 0 unspecified atom stereocenters. The Kier molecular flexibility index (Phi) is 5.99. The number of piperidine rings is 1. The minimum atomic E-state index is -0.0709. The molecule has 1 aliphatic heterocycles. The van der Waals surface area contributed by atoms with Crippen LogP contribution in [0.4, 0.5) is 0 Å². The molecule has 0 atom stereocenters. The average Bonchev–Trinajstić information content (AvgIpc) is 3.15. The normalized spacial score (nSPS) is 15.2. The molecule has 0 radical (unpaired) electrons. The molecule has 0 bridgehead atoms. The first-order valence-electron chi connectivity index (χ1n) is 8.09. The van der Waals surface area contributed by atoms with Gasteiger partial charge < -0.3 is 10.2 Å². The van der Waals surface area contributed by atoms with E-state index in [1.807, 2.05) is 28.5 Å². The highest BCUT2D eigenvalue weighted by Gasteiger charge is 2.28. The van der Waals surface area contributed by atoms with E-state index >= 15 is 0 Å². The van der Waals surface area contributed by atoms with Gasteiger partial charge in [0.05, 0.1) is 4.88 Å². The smallest absolute Gasteiger partial charge is 0.263 e. The Hall–Kier alpha value is -1.56. The second-order valence-electron chi connectivity index (χ2n) is 6.00. The molecule has 3 rings (SSSR count). The highest BCUT2D eigenvalue weighted by Crippen LogP contribution is 2.23. The van der Waals surface area contributed by atoms with Crippen molar-refractivity contribution in [1.29, 1.82) is 0 Å². The van der Waals surface area contributed by atoms with Gasteiger partial charge in [-0.3, -0.25) is 9.59 Å². The molecule has 2 amide bonds. The van der Waals surface area contributed by atoms with Gasteiger partial charge in [-0.1, -0.05) is 35.3 Å². The summed E-state index contributed by atoms with van der Waals surface area (Å²) in [6.45, 7) is 1.59. The van der Waals surface area contributed by atoms with E-state index in [1.54, 1.807) is 12.1 Å². The first kappa shape index (κ1) is 18.2. The maximum absolute atomic E-state index is 12.4. The summed E-state index contributed by atoms with van der Waals surface area (Å²) in [6.07, 6.45) is 1.36. The zero-order chi connectivity index (χ0) is 17.8. The average molecular weight is 397 g/mol. The maximum atomic E-state index is 12.4. The molecule has 1 aromatic heterocycles. The lowest BCUT2D eigenvalue weighted by Gasteiger charge is -2.31. The number of nitrogens with zero attached hydrogens (tertiary/aromatic N) is 1. The van der Waals surface area contributed by atoms with Gasteiger partial charge in [0.2, 0.25) is 5.91 Å². The van der Waals surface area contributed by atoms with Crippen LogP contribution in [-0.2, 0) is 11.3 Å². The van der Waals surface area contributed by atoms with Crippen molar-refractivity contribution in [3.05, 3.63) is 56.2 Å². The maximum Gasteiger partial charge on any atom is 0.263 e. The van der Waals surface area contributed by atoms with Crippen molar-refractivity contribution in [3.63, 3.8) is 0 Å². The highest BCUT2D eigenvalue weighted by molar-refractivity contribution is 7.12. The van der Waals surface area contributed by atoms with Crippen molar-refractivity contribution < 1.29 is 9.59 Å². The summed E-state index contributed by atoms with van der Waals surface area (Å²) in [4.78, 5) is 27.3. The van der Waals surface area contributed by atoms with Crippen molar-refractivity contribution in [2.45, 2.75) is 19.4 Å². The molecule has 7 heteroatoms. The molecule has 1 aromatic carbocycles. The number of benzene rings is 1. The Morgan fingerprint density at radius 2 is 1.96 bits per heavy atom. The van der Waals surface area contributed by atoms with Crippen LogP contribution in [-0.4, -0.2) is 29.8 Å². The second-order valence-corrected chi connectivity index (χ2v) is 7.79. The van der Waals surface area contributed by atoms with Gasteiger partial charge >= 0.3 is 0 Å². The van der Waals surface area contributed by atoms with Gasteiger partial charge in [0.15, 0.2) is 0 Å². The van der Waals surface area contributed by atoms with Crippen molar-refractivity contribution in [2.24, 2.45) is 5.92 Å². The molecule has 1 N–H and O–H groups in total. The van der Waals surface area contributed by atoms with E-state index in [2.05, 4.69) is 5.32 Å². The predicted molar refractivity (Wildman–Crippen MR) is 101 cm³/mol. The summed E-state index contributed by atoms with van der Waals surface area (Å²) in [5.41, 5.74) is 0.838. The topological polar surface area (TPSA) is 49.4 Å². The Balaban J connectivity index is 1.49. The molecule has 0 spiro atoms. The van der Waals surface area contributed by atoms with Crippen LogP contribution in [0, 0.1) is 5.92 Å². The lowest BCUT2D eigenvalue weighted by Crippen LogP contribution is -2.42. The van der Waals surface area contributed by atoms with Crippen LogP contribution in [0.1, 0.15) is 28.1 Å². The number of nitrogens with one attached hydrogen (secondary N) is 1. The molecule has 0 aliphatic carbocycles. The number of likely N-dealkylation sites (tertiary alicyclic amines) is 1. The van der Waals surface area contributed by atoms with Crippen molar-refractivity contribution in [3.8, 4) is 0 Å². The van der Waals surface area contributed by atoms with Crippen molar-refractivity contribution in [1.82, 2.24) is 10.2 Å². The summed E-state index contributed by atoms with van der Waals surface area (Å²) in [7, 11) is 0. The van der Waals surface area contributed by atoms with E-state index in [9.17, 15) is 9.59 Å². The standard InChI is InChI=1S/C18H18Cl2N2O2S/c19-14-4-3-13(15(20)10-14)11-21-17(23)12-5-7-22(8-6-12)18(24)16-2-1-9-25-16/h1-4,9-10,12H,5-8,11H2,(H,21,23). The molecule has 1 saturated heterocycles. The third-order valence-corrected chi connectivity index (χ3v) is 5.80. The number of hydrogen-bond donors (Lipinski definition) is 1. The van der Waals surface area contributed by atoms with Gasteiger partial charge in [-0.2, -0.15) is 0 Å². The monoisotopic (exact) mass is 396 g/mol. The minimum absolute atomic E-state index is 0.00855. The number of amides is 2. The number of carbonyl (C=O) groups excluding carboxylic acids is 2. The fraction of sp³-hybridized carbons (Fsp3) is 0.333. The summed E-state index contributed by atoms with van der Waals surface area (Å²) in [6, 6.07) is 8.94. The Morgan fingerprint density at radius 3 is 2.60 bits per heavy atom. The molecule has 1 aliphatic rings. The van der Waals surface area contributed by atoms with Gasteiger partial charge in [-0.15, -0.1) is 11.3 Å². The molecule has 0 saturated carbocycles. The first-order chi connectivity index (χ1) is 12.0. The fourth-order valence-electron chi connectivity index (χ4n) is 2.89. The van der Waals surface area contributed by atoms with E-state index in [0.29, 0.717) is 42.5 Å². The quantitative estimate of drug-likeness (QED) is 0.840. The van der Waals surface area contributed by atoms with Crippen LogP contribution in [0.5, 0.6) is 0 Å². The molecule has 2 heterocycles. The number of rotatable bonds is 4. The second kappa shape index (κ2) is 8.21. The van der Waals surface area contributed by atoms with Gasteiger partial charge in [-0.25, -0.2) is 0 Å². The summed E-state index contributed by atoms with van der Waals surface area (Å²) >= 11 is 13.4. The number of carbonyl (C=O) groups is 2. The Bertz CT molecular complexity index is 756. The predicted octanol–water partition coefficient (Wildman–Crippen LogP) is 4.22. The molecule has 2 aromatic rings. The van der Waals surface area contributed by atoms with Crippen LogP contribution < -0.4 is 5.32 Å². The Labute approximate surface area is 160 Å². The van der Waals surface area contributed by atoms with Gasteiger partial charge in [0.25, 0.3) is 5.91 Å². The lowest BCUT2D eigenvalue weighted by molar-refractivity contribution is -0.126. The summed E-state index contributed by atoms with van der Waals surface area (Å²) < 4.78 is 0. The van der Waals surface area contributed by atoms with Gasteiger partial charge in [-0.05, 0) is 42.0 Å². The van der Waals surface area contributed by atoms with E-state index in [4.69, 9.17) is 23.2 Å². The molecule has 1 fully saturated rings. The van der Waals surface area contributed by atoms with E-state index in [0.717, 1.165) is 10.4 Å².